The van der Waals surface area contributed by atoms with Gasteiger partial charge in [0, 0.05) is 10.5 Å². The van der Waals surface area contributed by atoms with Gasteiger partial charge in [0.1, 0.15) is 0 Å². The molecule has 0 heterocycles. The van der Waals surface area contributed by atoms with Crippen molar-refractivity contribution in [3.05, 3.63) is 58.1 Å². The number of nitro groups is 1. The minimum Gasteiger partial charge on any atom is -0.263 e. The first-order valence-corrected chi connectivity index (χ1v) is 4.94. The third-order valence-corrected chi connectivity index (χ3v) is 2.71. The largest absolute Gasteiger partial charge is 0.293 e. The Hall–Kier alpha value is -1.55. The minimum atomic E-state index is -1.07. The van der Waals surface area contributed by atoms with Crippen LogP contribution in [0.15, 0.2) is 42.5 Å². The van der Waals surface area contributed by atoms with Crippen molar-refractivity contribution in [1.29, 1.82) is 0 Å². The van der Waals surface area contributed by atoms with E-state index in [2.05, 4.69) is 0 Å². The summed E-state index contributed by atoms with van der Waals surface area (Å²) in [4.78, 5) is 10.2. The molecular weight excluding hydrogens is 210 g/mol. The normalized spacial score (nSPS) is 12.6. The van der Waals surface area contributed by atoms with Crippen LogP contribution in [0.4, 0.5) is 0 Å². The van der Waals surface area contributed by atoms with E-state index in [1.165, 1.54) is 0 Å². The molecule has 4 heteroatoms. The molecule has 1 unspecified atom stereocenters. The van der Waals surface area contributed by atoms with Gasteiger partial charge >= 0.3 is 0 Å². The van der Waals surface area contributed by atoms with Gasteiger partial charge in [-0.2, -0.15) is 0 Å². The standard InChI is InChI=1S/C11H8NO2S/c13-12(14)11(15)10-7-3-5-8-4-1-2-6-9(8)10/h1-7,11H. The van der Waals surface area contributed by atoms with Crippen LogP contribution in [0, 0.1) is 10.1 Å². The molecule has 0 aliphatic heterocycles. The predicted octanol–water partition coefficient (Wildman–Crippen LogP) is 3.31. The molecule has 15 heavy (non-hydrogen) atoms. The van der Waals surface area contributed by atoms with Crippen LogP contribution >= 0.6 is 12.6 Å². The van der Waals surface area contributed by atoms with Gasteiger partial charge in [-0.1, -0.05) is 42.5 Å². The lowest BCUT2D eigenvalue weighted by atomic mass is 10.0. The Morgan fingerprint density at radius 2 is 1.80 bits per heavy atom. The van der Waals surface area contributed by atoms with Gasteiger partial charge in [0.05, 0.1) is 0 Å². The van der Waals surface area contributed by atoms with Crippen molar-refractivity contribution in [3.8, 4) is 0 Å². The highest BCUT2D eigenvalue weighted by Crippen LogP contribution is 2.28. The summed E-state index contributed by atoms with van der Waals surface area (Å²) in [7, 11) is 0. The number of fused-ring (bicyclic) bond motifs is 1. The van der Waals surface area contributed by atoms with Gasteiger partial charge in [0.2, 0.25) is 0 Å². The Kier molecular flexibility index (Phi) is 2.60. The van der Waals surface area contributed by atoms with Gasteiger partial charge in [0.15, 0.2) is 0 Å². The molecule has 0 aliphatic carbocycles. The van der Waals surface area contributed by atoms with Crippen molar-refractivity contribution in [1.82, 2.24) is 0 Å². The topological polar surface area (TPSA) is 43.1 Å². The molecule has 0 N–H and O–H groups in total. The maximum atomic E-state index is 10.6. The molecular formula is C11H8NO2S. The number of hydrogen-bond acceptors (Lipinski definition) is 2. The van der Waals surface area contributed by atoms with E-state index in [0.29, 0.717) is 5.56 Å². The molecule has 0 amide bonds. The SMILES string of the molecule is O=[N+]([O-])C([S])c1cccc2ccccc12. The molecule has 0 fully saturated rings. The van der Waals surface area contributed by atoms with Crippen LogP contribution in [-0.4, -0.2) is 4.92 Å². The Labute approximate surface area is 92.3 Å². The van der Waals surface area contributed by atoms with E-state index < -0.39 is 10.3 Å². The van der Waals surface area contributed by atoms with Crippen molar-refractivity contribution >= 4 is 23.4 Å². The van der Waals surface area contributed by atoms with Crippen LogP contribution in [0.25, 0.3) is 10.8 Å². The van der Waals surface area contributed by atoms with Crippen LogP contribution in [0.3, 0.4) is 0 Å². The Bertz CT molecular complexity index is 507. The van der Waals surface area contributed by atoms with E-state index in [4.69, 9.17) is 12.6 Å². The van der Waals surface area contributed by atoms with E-state index in [9.17, 15) is 10.1 Å². The van der Waals surface area contributed by atoms with Gasteiger partial charge in [-0.25, -0.2) is 0 Å². The number of rotatable bonds is 2. The second-order valence-corrected chi connectivity index (χ2v) is 3.65. The highest BCUT2D eigenvalue weighted by atomic mass is 32.1. The summed E-state index contributed by atoms with van der Waals surface area (Å²) >= 11 is 4.86. The first-order valence-electron chi connectivity index (χ1n) is 4.47. The van der Waals surface area contributed by atoms with Crippen molar-refractivity contribution < 1.29 is 4.92 Å². The summed E-state index contributed by atoms with van der Waals surface area (Å²) < 4.78 is 0. The van der Waals surface area contributed by atoms with Gasteiger partial charge in [-0.05, 0) is 23.4 Å². The fourth-order valence-corrected chi connectivity index (χ4v) is 1.78. The average molecular weight is 218 g/mol. The van der Waals surface area contributed by atoms with Gasteiger partial charge in [0.25, 0.3) is 5.37 Å². The summed E-state index contributed by atoms with van der Waals surface area (Å²) in [6, 6.07) is 12.9. The lowest BCUT2D eigenvalue weighted by Gasteiger charge is -2.06. The second kappa shape index (κ2) is 3.90. The first kappa shape index (κ1) is 9.98. The highest BCUT2D eigenvalue weighted by molar-refractivity contribution is 7.80. The van der Waals surface area contributed by atoms with Crippen molar-refractivity contribution in [3.63, 3.8) is 0 Å². The van der Waals surface area contributed by atoms with Crippen LogP contribution in [0.1, 0.15) is 10.9 Å². The van der Waals surface area contributed by atoms with Gasteiger partial charge < -0.3 is 0 Å². The predicted molar refractivity (Wildman–Crippen MR) is 61.3 cm³/mol. The second-order valence-electron chi connectivity index (χ2n) is 3.21. The average Bonchev–Trinajstić information content (AvgIpc) is 2.27. The first-order chi connectivity index (χ1) is 7.20. The Balaban J connectivity index is 2.65. The molecule has 2 aromatic carbocycles. The van der Waals surface area contributed by atoms with E-state index in [0.717, 1.165) is 10.8 Å². The summed E-state index contributed by atoms with van der Waals surface area (Å²) in [6.45, 7) is 0. The molecule has 0 spiro atoms. The zero-order chi connectivity index (χ0) is 10.8. The third kappa shape index (κ3) is 1.80. The molecule has 75 valence electrons. The molecule has 0 saturated heterocycles. The quantitative estimate of drug-likeness (QED) is 0.573. The molecule has 2 aromatic rings. The van der Waals surface area contributed by atoms with Crippen LogP contribution < -0.4 is 0 Å². The fraction of sp³-hybridized carbons (Fsp3) is 0.0909. The van der Waals surface area contributed by atoms with Crippen LogP contribution in [0.2, 0.25) is 0 Å². The van der Waals surface area contributed by atoms with Gasteiger partial charge in [-0.3, -0.25) is 10.1 Å². The van der Waals surface area contributed by atoms with E-state index in [-0.39, 0.29) is 0 Å². The number of nitrogens with zero attached hydrogens (tertiary/aromatic N) is 1. The van der Waals surface area contributed by atoms with Crippen molar-refractivity contribution in [2.75, 3.05) is 0 Å². The van der Waals surface area contributed by atoms with Gasteiger partial charge in [-0.15, -0.1) is 0 Å². The van der Waals surface area contributed by atoms with E-state index >= 15 is 0 Å². The molecule has 0 bridgehead atoms. The monoisotopic (exact) mass is 218 g/mol. The molecule has 0 aromatic heterocycles. The lowest BCUT2D eigenvalue weighted by molar-refractivity contribution is -0.499. The molecule has 0 saturated carbocycles. The van der Waals surface area contributed by atoms with Crippen molar-refractivity contribution in [2.24, 2.45) is 0 Å². The maximum absolute atomic E-state index is 10.6. The Morgan fingerprint density at radius 3 is 2.53 bits per heavy atom. The summed E-state index contributed by atoms with van der Waals surface area (Å²) in [5, 5.41) is 11.4. The molecule has 0 aliphatic rings. The lowest BCUT2D eigenvalue weighted by Crippen LogP contribution is -2.03. The summed E-state index contributed by atoms with van der Waals surface area (Å²) in [5.41, 5.74) is 0.591. The van der Waals surface area contributed by atoms with E-state index in [1.54, 1.807) is 12.1 Å². The number of benzene rings is 2. The van der Waals surface area contributed by atoms with Crippen LogP contribution in [0.5, 0.6) is 0 Å². The Morgan fingerprint density at radius 1 is 1.13 bits per heavy atom. The summed E-state index contributed by atoms with van der Waals surface area (Å²) in [6.07, 6.45) is 0. The molecule has 2 rings (SSSR count). The maximum Gasteiger partial charge on any atom is 0.293 e. The highest BCUT2D eigenvalue weighted by Gasteiger charge is 2.20. The zero-order valence-corrected chi connectivity index (χ0v) is 8.61. The minimum absolute atomic E-state index is 0.447. The third-order valence-electron chi connectivity index (χ3n) is 2.28. The molecule has 1 radical (unpaired) electrons. The van der Waals surface area contributed by atoms with Crippen LogP contribution in [-0.2, 0) is 0 Å². The molecule has 1 atom stereocenters. The van der Waals surface area contributed by atoms with E-state index in [1.807, 2.05) is 30.3 Å². The smallest absolute Gasteiger partial charge is 0.263 e. The van der Waals surface area contributed by atoms with Crippen molar-refractivity contribution in [2.45, 2.75) is 5.37 Å². The zero-order valence-electron chi connectivity index (χ0n) is 7.79. The fourth-order valence-electron chi connectivity index (χ4n) is 1.58. The summed E-state index contributed by atoms with van der Waals surface area (Å²) in [5.74, 6) is 0. The number of hydrogen-bond donors (Lipinski definition) is 0. The molecule has 3 nitrogen and oxygen atoms in total.